The number of halogens is 1. The summed E-state index contributed by atoms with van der Waals surface area (Å²) in [4.78, 5) is 4.40. The number of nitrogens with one attached hydrogen (secondary N) is 1. The molecule has 1 aliphatic heterocycles. The van der Waals surface area contributed by atoms with Crippen molar-refractivity contribution >= 4 is 15.9 Å². The first-order valence-corrected chi connectivity index (χ1v) is 7.19. The van der Waals surface area contributed by atoms with E-state index in [1.807, 2.05) is 12.1 Å². The van der Waals surface area contributed by atoms with Gasteiger partial charge in [0.15, 0.2) is 0 Å². The number of ether oxygens (including phenoxy) is 2. The van der Waals surface area contributed by atoms with Crippen LogP contribution in [0.15, 0.2) is 22.8 Å². The highest BCUT2D eigenvalue weighted by molar-refractivity contribution is 9.10. The second-order valence-electron chi connectivity index (χ2n) is 4.77. The summed E-state index contributed by atoms with van der Waals surface area (Å²) in [6.45, 7) is 1.42. The third kappa shape index (κ3) is 3.52. The SMILES string of the molecule is COC1(C(Cc2ccc(Br)cn2)NN)CCOCC1. The number of nitrogens with zero attached hydrogens (tertiary/aromatic N) is 1. The van der Waals surface area contributed by atoms with Crippen molar-refractivity contribution in [1.29, 1.82) is 0 Å². The van der Waals surface area contributed by atoms with E-state index in [1.165, 1.54) is 0 Å². The molecule has 0 radical (unpaired) electrons. The number of hydrazine groups is 1. The predicted octanol–water partition coefficient (Wildman–Crippen LogP) is 1.41. The zero-order valence-electron chi connectivity index (χ0n) is 11.1. The lowest BCUT2D eigenvalue weighted by Gasteiger charge is -2.41. The molecule has 3 N–H and O–H groups in total. The normalized spacial score (nSPS) is 20.2. The maximum Gasteiger partial charge on any atom is 0.0891 e. The van der Waals surface area contributed by atoms with E-state index in [4.69, 9.17) is 15.3 Å². The Kier molecular flexibility index (Phi) is 5.29. The zero-order chi connectivity index (χ0) is 13.7. The molecule has 2 rings (SSSR count). The predicted molar refractivity (Wildman–Crippen MR) is 76.5 cm³/mol. The first kappa shape index (κ1) is 14.9. The molecule has 106 valence electrons. The van der Waals surface area contributed by atoms with Gasteiger partial charge in [-0.2, -0.15) is 0 Å². The van der Waals surface area contributed by atoms with Gasteiger partial charge in [-0.25, -0.2) is 0 Å². The zero-order valence-corrected chi connectivity index (χ0v) is 12.6. The smallest absolute Gasteiger partial charge is 0.0891 e. The molecule has 1 atom stereocenters. The number of hydrogen-bond acceptors (Lipinski definition) is 5. The minimum Gasteiger partial charge on any atom is -0.381 e. The summed E-state index contributed by atoms with van der Waals surface area (Å²) in [5.74, 6) is 5.73. The average molecular weight is 330 g/mol. The fourth-order valence-corrected chi connectivity index (χ4v) is 2.78. The third-order valence-electron chi connectivity index (χ3n) is 3.78. The van der Waals surface area contributed by atoms with Crippen molar-refractivity contribution in [2.24, 2.45) is 5.84 Å². The van der Waals surface area contributed by atoms with E-state index in [1.54, 1.807) is 13.3 Å². The summed E-state index contributed by atoms with van der Waals surface area (Å²) >= 11 is 3.39. The Morgan fingerprint density at radius 3 is 2.79 bits per heavy atom. The Bertz CT molecular complexity index is 393. The van der Waals surface area contributed by atoms with Crippen LogP contribution in [-0.2, 0) is 15.9 Å². The van der Waals surface area contributed by atoms with Gasteiger partial charge in [-0.05, 0) is 28.1 Å². The van der Waals surface area contributed by atoms with Crippen molar-refractivity contribution in [3.05, 3.63) is 28.5 Å². The van der Waals surface area contributed by atoms with Crippen LogP contribution in [-0.4, -0.2) is 37.0 Å². The van der Waals surface area contributed by atoms with Gasteiger partial charge in [0, 0.05) is 55.9 Å². The van der Waals surface area contributed by atoms with Gasteiger partial charge < -0.3 is 9.47 Å². The van der Waals surface area contributed by atoms with Crippen molar-refractivity contribution < 1.29 is 9.47 Å². The number of pyridine rings is 1. The number of nitrogens with two attached hydrogens (primary N) is 1. The summed E-state index contributed by atoms with van der Waals surface area (Å²) in [5.41, 5.74) is 3.61. The fourth-order valence-electron chi connectivity index (χ4n) is 2.54. The quantitative estimate of drug-likeness (QED) is 0.631. The minimum absolute atomic E-state index is 0.0232. The van der Waals surface area contributed by atoms with Crippen LogP contribution in [0.4, 0.5) is 0 Å². The Labute approximate surface area is 122 Å². The Hall–Kier alpha value is -0.530. The molecule has 0 bridgehead atoms. The number of methoxy groups -OCH3 is 1. The van der Waals surface area contributed by atoms with E-state index in [2.05, 4.69) is 26.3 Å². The summed E-state index contributed by atoms with van der Waals surface area (Å²) in [6, 6.07) is 4.01. The third-order valence-corrected chi connectivity index (χ3v) is 4.25. The van der Waals surface area contributed by atoms with Gasteiger partial charge >= 0.3 is 0 Å². The fraction of sp³-hybridized carbons (Fsp3) is 0.615. The van der Waals surface area contributed by atoms with Crippen molar-refractivity contribution in [3.63, 3.8) is 0 Å². The Morgan fingerprint density at radius 1 is 1.53 bits per heavy atom. The second-order valence-corrected chi connectivity index (χ2v) is 5.69. The standard InChI is InChI=1S/C13H20BrN3O2/c1-18-13(4-6-19-7-5-13)12(17-15)8-11-3-2-10(14)9-16-11/h2-3,9,12,17H,4-8,15H2,1H3. The van der Waals surface area contributed by atoms with Crippen LogP contribution >= 0.6 is 15.9 Å². The Morgan fingerprint density at radius 2 is 2.26 bits per heavy atom. The van der Waals surface area contributed by atoms with Crippen molar-refractivity contribution in [2.45, 2.75) is 30.9 Å². The maximum atomic E-state index is 5.77. The molecule has 0 amide bonds. The number of aromatic nitrogens is 1. The number of rotatable bonds is 5. The molecule has 1 aromatic rings. The summed E-state index contributed by atoms with van der Waals surface area (Å²) in [7, 11) is 1.74. The molecule has 1 fully saturated rings. The van der Waals surface area contributed by atoms with Crippen LogP contribution in [0, 0.1) is 0 Å². The molecule has 5 nitrogen and oxygen atoms in total. The Balaban J connectivity index is 2.11. The molecule has 1 aliphatic rings. The molecule has 0 aromatic carbocycles. The number of hydrogen-bond donors (Lipinski definition) is 2. The molecule has 1 aromatic heterocycles. The summed E-state index contributed by atoms with van der Waals surface area (Å²) in [5, 5.41) is 0. The van der Waals surface area contributed by atoms with Crippen LogP contribution in [0.1, 0.15) is 18.5 Å². The van der Waals surface area contributed by atoms with Crippen LogP contribution in [0.3, 0.4) is 0 Å². The average Bonchev–Trinajstić information content (AvgIpc) is 2.47. The van der Waals surface area contributed by atoms with Crippen LogP contribution in [0.5, 0.6) is 0 Å². The van der Waals surface area contributed by atoms with E-state index in [0.29, 0.717) is 13.2 Å². The van der Waals surface area contributed by atoms with Gasteiger partial charge in [0.05, 0.1) is 11.6 Å². The van der Waals surface area contributed by atoms with Crippen molar-refractivity contribution in [2.75, 3.05) is 20.3 Å². The van der Waals surface area contributed by atoms with Crippen molar-refractivity contribution in [3.8, 4) is 0 Å². The summed E-state index contributed by atoms with van der Waals surface area (Å²) < 4.78 is 12.2. The lowest BCUT2D eigenvalue weighted by Crippen LogP contribution is -2.58. The molecule has 1 unspecified atom stereocenters. The molecule has 2 heterocycles. The van der Waals surface area contributed by atoms with E-state index >= 15 is 0 Å². The molecule has 0 aliphatic carbocycles. The monoisotopic (exact) mass is 329 g/mol. The van der Waals surface area contributed by atoms with Gasteiger partial charge in [-0.1, -0.05) is 0 Å². The van der Waals surface area contributed by atoms with Gasteiger partial charge in [-0.3, -0.25) is 16.3 Å². The largest absolute Gasteiger partial charge is 0.381 e. The molecular formula is C13H20BrN3O2. The van der Waals surface area contributed by atoms with Gasteiger partial charge in [-0.15, -0.1) is 0 Å². The highest BCUT2D eigenvalue weighted by Gasteiger charge is 2.40. The molecule has 19 heavy (non-hydrogen) atoms. The van der Waals surface area contributed by atoms with Crippen LogP contribution in [0.25, 0.3) is 0 Å². The summed E-state index contributed by atoms with van der Waals surface area (Å²) in [6.07, 6.45) is 4.22. The molecule has 1 saturated heterocycles. The topological polar surface area (TPSA) is 69.4 Å². The lowest BCUT2D eigenvalue weighted by atomic mass is 9.84. The van der Waals surface area contributed by atoms with Gasteiger partial charge in [0.25, 0.3) is 0 Å². The van der Waals surface area contributed by atoms with Gasteiger partial charge in [0.2, 0.25) is 0 Å². The maximum absolute atomic E-state index is 5.77. The van der Waals surface area contributed by atoms with E-state index in [0.717, 1.165) is 29.4 Å². The van der Waals surface area contributed by atoms with E-state index in [-0.39, 0.29) is 11.6 Å². The minimum atomic E-state index is -0.276. The van der Waals surface area contributed by atoms with Crippen LogP contribution in [0.2, 0.25) is 0 Å². The van der Waals surface area contributed by atoms with E-state index in [9.17, 15) is 0 Å². The molecule has 6 heteroatoms. The molecule has 0 saturated carbocycles. The first-order valence-electron chi connectivity index (χ1n) is 6.39. The highest BCUT2D eigenvalue weighted by atomic mass is 79.9. The second kappa shape index (κ2) is 6.76. The molecular weight excluding hydrogens is 310 g/mol. The first-order chi connectivity index (χ1) is 9.20. The van der Waals surface area contributed by atoms with E-state index < -0.39 is 0 Å². The van der Waals surface area contributed by atoms with Crippen molar-refractivity contribution in [1.82, 2.24) is 10.4 Å². The van der Waals surface area contributed by atoms with Crippen LogP contribution < -0.4 is 11.3 Å². The van der Waals surface area contributed by atoms with Gasteiger partial charge in [0.1, 0.15) is 0 Å². The lowest BCUT2D eigenvalue weighted by molar-refractivity contribution is -0.110. The highest BCUT2D eigenvalue weighted by Crippen LogP contribution is 2.29. The molecule has 0 spiro atoms.